The van der Waals surface area contributed by atoms with Crippen molar-refractivity contribution in [2.24, 2.45) is 0 Å². The Balaban J connectivity index is 1.95. The lowest BCUT2D eigenvalue weighted by atomic mass is 10.1. The molecule has 0 amide bonds. The van der Waals surface area contributed by atoms with Crippen molar-refractivity contribution in [3.63, 3.8) is 0 Å². The van der Waals surface area contributed by atoms with Crippen LogP contribution in [0.2, 0.25) is 0 Å². The first-order chi connectivity index (χ1) is 10.1. The molecule has 0 fully saturated rings. The smallest absolute Gasteiger partial charge is 0.161 e. The Labute approximate surface area is 121 Å². The van der Waals surface area contributed by atoms with E-state index in [0.29, 0.717) is 19.2 Å². The minimum Gasteiger partial charge on any atom is -0.380 e. The maximum absolute atomic E-state index is 13.5. The Morgan fingerprint density at radius 2 is 1.62 bits per heavy atom. The molecule has 0 aliphatic carbocycles. The highest BCUT2D eigenvalue weighted by Gasteiger charge is 2.09. The van der Waals surface area contributed by atoms with Crippen molar-refractivity contribution in [3.05, 3.63) is 70.5 Å². The molecule has 2 nitrogen and oxygen atoms in total. The first kappa shape index (κ1) is 15.5. The van der Waals surface area contributed by atoms with Crippen LogP contribution in [0.15, 0.2) is 36.4 Å². The summed E-state index contributed by atoms with van der Waals surface area (Å²) in [7, 11) is 1.62. The van der Waals surface area contributed by atoms with Crippen LogP contribution in [0.3, 0.4) is 0 Å². The van der Waals surface area contributed by atoms with Crippen molar-refractivity contribution >= 4 is 0 Å². The molecule has 112 valence electrons. The molecule has 0 aliphatic rings. The predicted molar refractivity (Wildman–Crippen MR) is 74.0 cm³/mol. The molecule has 1 N–H and O–H groups in total. The van der Waals surface area contributed by atoms with E-state index in [-0.39, 0.29) is 12.1 Å². The van der Waals surface area contributed by atoms with E-state index < -0.39 is 17.5 Å². The maximum Gasteiger partial charge on any atom is 0.161 e. The highest BCUT2D eigenvalue weighted by molar-refractivity contribution is 5.23. The van der Waals surface area contributed by atoms with E-state index in [9.17, 15) is 13.2 Å². The lowest BCUT2D eigenvalue weighted by molar-refractivity contribution is 0.185. The normalized spacial score (nSPS) is 10.9. The van der Waals surface area contributed by atoms with E-state index in [1.807, 2.05) is 24.3 Å². The Hall–Kier alpha value is -1.85. The fourth-order valence-corrected chi connectivity index (χ4v) is 2.04. The van der Waals surface area contributed by atoms with Crippen LogP contribution in [-0.4, -0.2) is 7.11 Å². The van der Waals surface area contributed by atoms with Gasteiger partial charge in [-0.25, -0.2) is 13.2 Å². The van der Waals surface area contributed by atoms with Crippen molar-refractivity contribution in [1.82, 2.24) is 5.32 Å². The summed E-state index contributed by atoms with van der Waals surface area (Å²) < 4.78 is 44.4. The molecule has 0 radical (unpaired) electrons. The molecule has 0 spiro atoms. The largest absolute Gasteiger partial charge is 0.380 e. The summed E-state index contributed by atoms with van der Waals surface area (Å²) in [4.78, 5) is 0. The van der Waals surface area contributed by atoms with E-state index in [0.717, 1.165) is 17.2 Å². The SMILES string of the molecule is COCc1cccc(CNCc2cc(F)c(F)cc2F)c1. The van der Waals surface area contributed by atoms with Gasteiger partial charge in [0.2, 0.25) is 0 Å². The van der Waals surface area contributed by atoms with Crippen LogP contribution in [-0.2, 0) is 24.4 Å². The van der Waals surface area contributed by atoms with E-state index in [2.05, 4.69) is 5.32 Å². The van der Waals surface area contributed by atoms with Gasteiger partial charge in [0.05, 0.1) is 6.61 Å². The molecular formula is C16H16F3NO. The summed E-state index contributed by atoms with van der Waals surface area (Å²) >= 11 is 0. The quantitative estimate of drug-likeness (QED) is 0.823. The van der Waals surface area contributed by atoms with Crippen LogP contribution < -0.4 is 5.32 Å². The topological polar surface area (TPSA) is 21.3 Å². The average molecular weight is 295 g/mol. The zero-order valence-corrected chi connectivity index (χ0v) is 11.6. The number of halogens is 3. The summed E-state index contributed by atoms with van der Waals surface area (Å²) in [5, 5.41) is 3.00. The molecule has 0 bridgehead atoms. The van der Waals surface area contributed by atoms with Crippen LogP contribution in [0.1, 0.15) is 16.7 Å². The number of nitrogens with one attached hydrogen (secondary N) is 1. The molecule has 2 aromatic rings. The molecule has 0 saturated carbocycles. The molecular weight excluding hydrogens is 279 g/mol. The number of rotatable bonds is 6. The average Bonchev–Trinajstić information content (AvgIpc) is 2.45. The van der Waals surface area contributed by atoms with Gasteiger partial charge in [-0.1, -0.05) is 24.3 Å². The zero-order chi connectivity index (χ0) is 15.2. The molecule has 5 heteroatoms. The fourth-order valence-electron chi connectivity index (χ4n) is 2.04. The van der Waals surface area contributed by atoms with Gasteiger partial charge in [0, 0.05) is 31.8 Å². The lowest BCUT2D eigenvalue weighted by Gasteiger charge is -2.08. The molecule has 0 heterocycles. The maximum atomic E-state index is 13.5. The van der Waals surface area contributed by atoms with Crippen LogP contribution in [0, 0.1) is 17.5 Å². The number of hydrogen-bond donors (Lipinski definition) is 1. The van der Waals surface area contributed by atoms with Gasteiger partial charge in [0.15, 0.2) is 11.6 Å². The van der Waals surface area contributed by atoms with Gasteiger partial charge < -0.3 is 10.1 Å². The van der Waals surface area contributed by atoms with Gasteiger partial charge in [-0.15, -0.1) is 0 Å². The number of methoxy groups -OCH3 is 1. The van der Waals surface area contributed by atoms with Gasteiger partial charge in [-0.2, -0.15) is 0 Å². The van der Waals surface area contributed by atoms with Crippen molar-refractivity contribution < 1.29 is 17.9 Å². The molecule has 21 heavy (non-hydrogen) atoms. The zero-order valence-electron chi connectivity index (χ0n) is 11.6. The Kier molecular flexibility index (Phi) is 5.36. The minimum absolute atomic E-state index is 0.0990. The van der Waals surface area contributed by atoms with E-state index in [1.54, 1.807) is 7.11 Å². The highest BCUT2D eigenvalue weighted by atomic mass is 19.2. The van der Waals surface area contributed by atoms with Crippen molar-refractivity contribution in [3.8, 4) is 0 Å². The van der Waals surface area contributed by atoms with Crippen LogP contribution >= 0.6 is 0 Å². The van der Waals surface area contributed by atoms with Crippen molar-refractivity contribution in [2.75, 3.05) is 7.11 Å². The molecule has 0 saturated heterocycles. The van der Waals surface area contributed by atoms with Gasteiger partial charge in [0.25, 0.3) is 0 Å². The molecule has 0 aromatic heterocycles. The summed E-state index contributed by atoms with van der Waals surface area (Å²) in [6, 6.07) is 9.18. The number of hydrogen-bond acceptors (Lipinski definition) is 2. The van der Waals surface area contributed by atoms with E-state index >= 15 is 0 Å². The highest BCUT2D eigenvalue weighted by Crippen LogP contribution is 2.14. The summed E-state index contributed by atoms with van der Waals surface area (Å²) in [5.41, 5.74) is 2.14. The third kappa shape index (κ3) is 4.31. The number of benzene rings is 2. The standard InChI is InChI=1S/C16H16F3NO/c1-21-10-12-4-2-3-11(5-12)8-20-9-13-6-15(18)16(19)7-14(13)17/h2-7,20H,8-10H2,1H3. The van der Waals surface area contributed by atoms with Crippen LogP contribution in [0.4, 0.5) is 13.2 Å². The molecule has 2 rings (SSSR count). The second-order valence-corrected chi connectivity index (χ2v) is 4.71. The molecule has 2 aromatic carbocycles. The third-order valence-corrected chi connectivity index (χ3v) is 3.04. The van der Waals surface area contributed by atoms with Crippen molar-refractivity contribution in [2.45, 2.75) is 19.7 Å². The van der Waals surface area contributed by atoms with Gasteiger partial charge in [-0.3, -0.25) is 0 Å². The monoisotopic (exact) mass is 295 g/mol. The Morgan fingerprint density at radius 3 is 2.38 bits per heavy atom. The van der Waals surface area contributed by atoms with Gasteiger partial charge >= 0.3 is 0 Å². The first-order valence-corrected chi connectivity index (χ1v) is 6.51. The number of ether oxygens (including phenoxy) is 1. The molecule has 0 atom stereocenters. The summed E-state index contributed by atoms with van der Waals surface area (Å²) in [5.74, 6) is -2.98. The third-order valence-electron chi connectivity index (χ3n) is 3.04. The van der Waals surface area contributed by atoms with E-state index in [1.165, 1.54) is 0 Å². The summed E-state index contributed by atoms with van der Waals surface area (Å²) in [6.07, 6.45) is 0. The summed E-state index contributed by atoms with van der Waals surface area (Å²) in [6.45, 7) is 1.14. The fraction of sp³-hybridized carbons (Fsp3) is 0.250. The second kappa shape index (κ2) is 7.24. The minimum atomic E-state index is -1.18. The lowest BCUT2D eigenvalue weighted by Crippen LogP contribution is -2.14. The van der Waals surface area contributed by atoms with E-state index in [4.69, 9.17) is 4.74 Å². The predicted octanol–water partition coefficient (Wildman–Crippen LogP) is 3.54. The van der Waals surface area contributed by atoms with Crippen LogP contribution in [0.5, 0.6) is 0 Å². The van der Waals surface area contributed by atoms with Crippen molar-refractivity contribution in [1.29, 1.82) is 0 Å². The Morgan fingerprint density at radius 1 is 0.905 bits per heavy atom. The Bertz CT molecular complexity index is 616. The van der Waals surface area contributed by atoms with Crippen LogP contribution in [0.25, 0.3) is 0 Å². The molecule has 0 unspecified atom stereocenters. The van der Waals surface area contributed by atoms with Gasteiger partial charge in [0.1, 0.15) is 5.82 Å². The first-order valence-electron chi connectivity index (χ1n) is 6.51. The molecule has 0 aliphatic heterocycles. The van der Waals surface area contributed by atoms with Gasteiger partial charge in [-0.05, 0) is 17.2 Å². The second-order valence-electron chi connectivity index (χ2n) is 4.71.